The number of carbonyl (C=O) groups is 2. The lowest BCUT2D eigenvalue weighted by Gasteiger charge is -2.28. The lowest BCUT2D eigenvalue weighted by atomic mass is 10.1. The number of cyclic esters (lactones) is 1. The van der Waals surface area contributed by atoms with Crippen LogP contribution < -0.4 is 0 Å². The highest BCUT2D eigenvalue weighted by Crippen LogP contribution is 2.21. The van der Waals surface area contributed by atoms with Gasteiger partial charge < -0.3 is 14.7 Å². The quantitative estimate of drug-likeness (QED) is 0.847. The summed E-state index contributed by atoms with van der Waals surface area (Å²) < 4.78 is 6.71. The standard InChI is InChI=1S/C19H22N4O4/c24-17(10-14-4-2-1-3-5-14)16-11-15-12-21(6-7-23(15)20-16)18(25)13-22-8-9-27-19(22)26/h1-5,11,17,24H,6-10,12-13H2. The molecule has 1 atom stereocenters. The van der Waals surface area contributed by atoms with Gasteiger partial charge in [0.25, 0.3) is 0 Å². The summed E-state index contributed by atoms with van der Waals surface area (Å²) in [5.74, 6) is -0.104. The Labute approximate surface area is 156 Å². The van der Waals surface area contributed by atoms with E-state index >= 15 is 0 Å². The SMILES string of the molecule is O=C(CN1CCOC1=O)N1CCn2nc(C(O)Cc3ccccc3)cc2C1. The molecule has 2 aliphatic heterocycles. The molecule has 1 fully saturated rings. The molecule has 4 rings (SSSR count). The van der Waals surface area contributed by atoms with Gasteiger partial charge in [-0.05, 0) is 11.6 Å². The minimum Gasteiger partial charge on any atom is -0.448 e. The lowest BCUT2D eigenvalue weighted by molar-refractivity contribution is -0.133. The summed E-state index contributed by atoms with van der Waals surface area (Å²) >= 11 is 0. The third-order valence-electron chi connectivity index (χ3n) is 4.95. The number of rotatable bonds is 5. The number of hydrogen-bond donors (Lipinski definition) is 1. The van der Waals surface area contributed by atoms with Gasteiger partial charge >= 0.3 is 6.09 Å². The molecule has 1 aromatic carbocycles. The molecule has 8 nitrogen and oxygen atoms in total. The fourth-order valence-electron chi connectivity index (χ4n) is 3.44. The van der Waals surface area contributed by atoms with Gasteiger partial charge in [-0.15, -0.1) is 0 Å². The zero-order valence-electron chi connectivity index (χ0n) is 15.0. The molecular weight excluding hydrogens is 348 g/mol. The van der Waals surface area contributed by atoms with E-state index in [9.17, 15) is 14.7 Å². The largest absolute Gasteiger partial charge is 0.448 e. The van der Waals surface area contributed by atoms with Gasteiger partial charge in [-0.2, -0.15) is 5.10 Å². The van der Waals surface area contributed by atoms with Crippen LogP contribution in [0, 0.1) is 0 Å². The van der Waals surface area contributed by atoms with E-state index in [1.54, 1.807) is 4.90 Å². The Morgan fingerprint density at radius 2 is 2.04 bits per heavy atom. The van der Waals surface area contributed by atoms with Crippen molar-refractivity contribution in [1.29, 1.82) is 0 Å². The highest BCUT2D eigenvalue weighted by molar-refractivity contribution is 5.83. The Morgan fingerprint density at radius 3 is 2.78 bits per heavy atom. The summed E-state index contributed by atoms with van der Waals surface area (Å²) in [6, 6.07) is 11.6. The second-order valence-electron chi connectivity index (χ2n) is 6.84. The van der Waals surface area contributed by atoms with Crippen molar-refractivity contribution < 1.29 is 19.4 Å². The average molecular weight is 370 g/mol. The van der Waals surface area contributed by atoms with Gasteiger partial charge in [-0.25, -0.2) is 4.79 Å². The molecule has 8 heteroatoms. The van der Waals surface area contributed by atoms with Crippen molar-refractivity contribution in [3.05, 3.63) is 53.3 Å². The molecule has 0 spiro atoms. The number of fused-ring (bicyclic) bond motifs is 1. The molecule has 2 aromatic rings. The van der Waals surface area contributed by atoms with Crippen molar-refractivity contribution >= 4 is 12.0 Å². The first kappa shape index (κ1) is 17.5. The number of nitrogens with zero attached hydrogens (tertiary/aromatic N) is 4. The molecule has 0 aliphatic carbocycles. The summed E-state index contributed by atoms with van der Waals surface area (Å²) in [6.45, 7) is 2.35. The first-order valence-electron chi connectivity index (χ1n) is 9.08. The highest BCUT2D eigenvalue weighted by Gasteiger charge is 2.29. The van der Waals surface area contributed by atoms with Crippen molar-refractivity contribution in [3.63, 3.8) is 0 Å². The van der Waals surface area contributed by atoms with Crippen LogP contribution in [-0.4, -0.2) is 62.9 Å². The number of ether oxygens (including phenoxy) is 1. The predicted octanol–water partition coefficient (Wildman–Crippen LogP) is 0.954. The Hall–Kier alpha value is -2.87. The number of aliphatic hydroxyl groups excluding tert-OH is 1. The number of amides is 2. The minimum atomic E-state index is -0.686. The van der Waals surface area contributed by atoms with Crippen molar-refractivity contribution in [1.82, 2.24) is 19.6 Å². The molecule has 0 radical (unpaired) electrons. The second-order valence-corrected chi connectivity index (χ2v) is 6.84. The van der Waals surface area contributed by atoms with E-state index in [-0.39, 0.29) is 12.5 Å². The predicted molar refractivity (Wildman–Crippen MR) is 95.7 cm³/mol. The van der Waals surface area contributed by atoms with Crippen LogP contribution >= 0.6 is 0 Å². The van der Waals surface area contributed by atoms with Crippen LogP contribution in [0.2, 0.25) is 0 Å². The molecule has 1 aromatic heterocycles. The minimum absolute atomic E-state index is 0.0382. The lowest BCUT2D eigenvalue weighted by Crippen LogP contribution is -2.44. The van der Waals surface area contributed by atoms with Crippen LogP contribution in [0.25, 0.3) is 0 Å². The zero-order chi connectivity index (χ0) is 18.8. The first-order chi connectivity index (χ1) is 13.1. The third-order valence-corrected chi connectivity index (χ3v) is 4.95. The zero-order valence-corrected chi connectivity index (χ0v) is 15.0. The Balaban J connectivity index is 1.39. The Morgan fingerprint density at radius 1 is 1.22 bits per heavy atom. The molecule has 2 aliphatic rings. The van der Waals surface area contributed by atoms with E-state index in [1.165, 1.54) is 4.90 Å². The van der Waals surface area contributed by atoms with E-state index in [1.807, 2.05) is 41.1 Å². The number of benzene rings is 1. The normalized spacial score (nSPS) is 17.6. The van der Waals surface area contributed by atoms with Gasteiger partial charge in [-0.1, -0.05) is 30.3 Å². The summed E-state index contributed by atoms with van der Waals surface area (Å²) in [5, 5.41) is 15.0. The monoisotopic (exact) mass is 370 g/mol. The van der Waals surface area contributed by atoms with Crippen LogP contribution in [0.1, 0.15) is 23.1 Å². The number of carbonyl (C=O) groups excluding carboxylic acids is 2. The van der Waals surface area contributed by atoms with E-state index in [2.05, 4.69) is 5.10 Å². The second kappa shape index (κ2) is 7.40. The molecular formula is C19H22N4O4. The van der Waals surface area contributed by atoms with Gasteiger partial charge in [0.1, 0.15) is 19.3 Å². The van der Waals surface area contributed by atoms with Gasteiger partial charge in [0.15, 0.2) is 0 Å². The van der Waals surface area contributed by atoms with E-state index < -0.39 is 12.2 Å². The fraction of sp³-hybridized carbons (Fsp3) is 0.421. The van der Waals surface area contributed by atoms with Gasteiger partial charge in [0, 0.05) is 13.0 Å². The number of aromatic nitrogens is 2. The van der Waals surface area contributed by atoms with Crippen molar-refractivity contribution in [3.8, 4) is 0 Å². The molecule has 2 amide bonds. The maximum atomic E-state index is 12.5. The third kappa shape index (κ3) is 3.80. The van der Waals surface area contributed by atoms with Crippen LogP contribution in [0.4, 0.5) is 4.79 Å². The topological polar surface area (TPSA) is 87.9 Å². The first-order valence-corrected chi connectivity index (χ1v) is 9.08. The van der Waals surface area contributed by atoms with Crippen LogP contribution in [0.15, 0.2) is 36.4 Å². The van der Waals surface area contributed by atoms with Crippen molar-refractivity contribution in [2.45, 2.75) is 25.6 Å². The summed E-state index contributed by atoms with van der Waals surface area (Å²) in [6.07, 6.45) is -0.623. The molecule has 142 valence electrons. The number of hydrogen-bond acceptors (Lipinski definition) is 5. The van der Waals surface area contributed by atoms with E-state index in [4.69, 9.17) is 4.74 Å². The maximum Gasteiger partial charge on any atom is 0.410 e. The molecule has 0 saturated carbocycles. The highest BCUT2D eigenvalue weighted by atomic mass is 16.6. The average Bonchev–Trinajstić information content (AvgIpc) is 3.28. The summed E-state index contributed by atoms with van der Waals surface area (Å²) in [5.41, 5.74) is 2.55. The smallest absolute Gasteiger partial charge is 0.410 e. The molecule has 0 bridgehead atoms. The van der Waals surface area contributed by atoms with Crippen LogP contribution in [-0.2, 0) is 29.0 Å². The fourth-order valence-corrected chi connectivity index (χ4v) is 3.44. The van der Waals surface area contributed by atoms with Crippen molar-refractivity contribution in [2.24, 2.45) is 0 Å². The van der Waals surface area contributed by atoms with E-state index in [0.29, 0.717) is 44.9 Å². The summed E-state index contributed by atoms with van der Waals surface area (Å²) in [4.78, 5) is 27.1. The van der Waals surface area contributed by atoms with Crippen LogP contribution in [0.5, 0.6) is 0 Å². The maximum absolute atomic E-state index is 12.5. The van der Waals surface area contributed by atoms with Crippen LogP contribution in [0.3, 0.4) is 0 Å². The van der Waals surface area contributed by atoms with Gasteiger partial charge in [-0.3, -0.25) is 14.4 Å². The summed E-state index contributed by atoms with van der Waals surface area (Å²) in [7, 11) is 0. The molecule has 1 saturated heterocycles. The Kier molecular flexibility index (Phi) is 4.81. The molecule has 1 unspecified atom stereocenters. The molecule has 3 heterocycles. The van der Waals surface area contributed by atoms with Gasteiger partial charge in [0.2, 0.25) is 5.91 Å². The van der Waals surface area contributed by atoms with Gasteiger partial charge in [0.05, 0.1) is 31.0 Å². The number of aliphatic hydroxyl groups is 1. The molecule has 1 N–H and O–H groups in total. The Bertz CT molecular complexity index is 835. The van der Waals surface area contributed by atoms with Crippen molar-refractivity contribution in [2.75, 3.05) is 26.2 Å². The molecule has 27 heavy (non-hydrogen) atoms. The van der Waals surface area contributed by atoms with E-state index in [0.717, 1.165) is 11.3 Å².